The summed E-state index contributed by atoms with van der Waals surface area (Å²) < 4.78 is 0. The molecule has 0 heterocycles. The SMILES string of the molecule is CC[C@@H](N)c1cc(C)cc(Cl)c1O. The summed E-state index contributed by atoms with van der Waals surface area (Å²) in [6, 6.07) is 3.45. The Morgan fingerprint density at radius 3 is 2.69 bits per heavy atom. The van der Waals surface area contributed by atoms with E-state index in [0.29, 0.717) is 5.02 Å². The van der Waals surface area contributed by atoms with Crippen LogP contribution in [0.4, 0.5) is 0 Å². The summed E-state index contributed by atoms with van der Waals surface area (Å²) in [4.78, 5) is 0. The molecule has 3 N–H and O–H groups in total. The maximum absolute atomic E-state index is 9.61. The van der Waals surface area contributed by atoms with E-state index < -0.39 is 0 Å². The number of hydrogen-bond donors (Lipinski definition) is 2. The number of hydrogen-bond acceptors (Lipinski definition) is 2. The molecule has 1 atom stereocenters. The minimum atomic E-state index is -0.141. The second-order valence-corrected chi connectivity index (χ2v) is 3.61. The molecule has 3 heteroatoms. The van der Waals surface area contributed by atoms with Crippen molar-refractivity contribution in [2.24, 2.45) is 5.73 Å². The molecular formula is C10H14ClNO. The highest BCUT2D eigenvalue weighted by atomic mass is 35.5. The normalized spacial score (nSPS) is 12.9. The minimum Gasteiger partial charge on any atom is -0.506 e. The summed E-state index contributed by atoms with van der Waals surface area (Å²) in [7, 11) is 0. The van der Waals surface area contributed by atoms with E-state index in [-0.39, 0.29) is 11.8 Å². The third kappa shape index (κ3) is 2.14. The molecule has 1 aromatic rings. The van der Waals surface area contributed by atoms with E-state index in [9.17, 15) is 5.11 Å². The summed E-state index contributed by atoms with van der Waals surface area (Å²) >= 11 is 5.81. The number of phenols is 1. The number of nitrogens with two attached hydrogens (primary N) is 1. The quantitative estimate of drug-likeness (QED) is 0.770. The third-order valence-corrected chi connectivity index (χ3v) is 2.36. The van der Waals surface area contributed by atoms with Crippen LogP contribution in [-0.4, -0.2) is 5.11 Å². The third-order valence-electron chi connectivity index (χ3n) is 2.08. The van der Waals surface area contributed by atoms with Crippen molar-refractivity contribution in [1.82, 2.24) is 0 Å². The van der Waals surface area contributed by atoms with Crippen molar-refractivity contribution in [2.75, 3.05) is 0 Å². The molecule has 0 aromatic heterocycles. The van der Waals surface area contributed by atoms with Gasteiger partial charge in [0.25, 0.3) is 0 Å². The zero-order chi connectivity index (χ0) is 10.0. The molecule has 13 heavy (non-hydrogen) atoms. The van der Waals surface area contributed by atoms with Gasteiger partial charge in [-0.05, 0) is 25.0 Å². The van der Waals surface area contributed by atoms with Crippen LogP contribution >= 0.6 is 11.6 Å². The van der Waals surface area contributed by atoms with Crippen molar-refractivity contribution in [2.45, 2.75) is 26.3 Å². The lowest BCUT2D eigenvalue weighted by Crippen LogP contribution is -2.09. The van der Waals surface area contributed by atoms with Gasteiger partial charge in [-0.3, -0.25) is 0 Å². The molecule has 0 bridgehead atoms. The standard InChI is InChI=1S/C10H14ClNO/c1-3-9(12)7-4-6(2)5-8(11)10(7)13/h4-5,9,13H,3,12H2,1-2H3/t9-/m1/s1. The molecule has 1 rings (SSSR count). The Morgan fingerprint density at radius 2 is 2.15 bits per heavy atom. The largest absolute Gasteiger partial charge is 0.506 e. The van der Waals surface area contributed by atoms with Gasteiger partial charge in [0.2, 0.25) is 0 Å². The fraction of sp³-hybridized carbons (Fsp3) is 0.400. The molecule has 0 aliphatic carbocycles. The summed E-state index contributed by atoms with van der Waals surface area (Å²) in [6.45, 7) is 3.90. The first-order chi connectivity index (χ1) is 6.06. The number of rotatable bonds is 2. The molecule has 72 valence electrons. The number of benzene rings is 1. The molecule has 0 saturated carbocycles. The summed E-state index contributed by atoms with van der Waals surface area (Å²) in [5.74, 6) is 0.113. The molecular weight excluding hydrogens is 186 g/mol. The zero-order valence-electron chi connectivity index (χ0n) is 7.84. The lowest BCUT2D eigenvalue weighted by molar-refractivity contribution is 0.460. The van der Waals surface area contributed by atoms with E-state index >= 15 is 0 Å². The predicted octanol–water partition coefficient (Wildman–Crippen LogP) is 2.76. The first kappa shape index (κ1) is 10.4. The molecule has 0 unspecified atom stereocenters. The van der Waals surface area contributed by atoms with E-state index in [1.807, 2.05) is 19.9 Å². The van der Waals surface area contributed by atoms with Gasteiger partial charge in [0.05, 0.1) is 5.02 Å². The van der Waals surface area contributed by atoms with Crippen molar-refractivity contribution in [3.8, 4) is 5.75 Å². The second-order valence-electron chi connectivity index (χ2n) is 3.20. The van der Waals surface area contributed by atoms with Crippen molar-refractivity contribution in [3.05, 3.63) is 28.3 Å². The van der Waals surface area contributed by atoms with Crippen LogP contribution in [0.25, 0.3) is 0 Å². The van der Waals surface area contributed by atoms with Crippen molar-refractivity contribution >= 4 is 11.6 Å². The molecule has 1 aromatic carbocycles. The minimum absolute atomic E-state index is 0.113. The van der Waals surface area contributed by atoms with Gasteiger partial charge >= 0.3 is 0 Å². The highest BCUT2D eigenvalue weighted by molar-refractivity contribution is 6.32. The van der Waals surface area contributed by atoms with Crippen LogP contribution in [0, 0.1) is 6.92 Å². The Bertz CT molecular complexity index is 312. The average Bonchev–Trinajstić information content (AvgIpc) is 2.10. The van der Waals surface area contributed by atoms with Crippen LogP contribution in [0.15, 0.2) is 12.1 Å². The van der Waals surface area contributed by atoms with Crippen molar-refractivity contribution in [1.29, 1.82) is 0 Å². The Labute approximate surface area is 83.3 Å². The van der Waals surface area contributed by atoms with Crippen LogP contribution in [0.2, 0.25) is 5.02 Å². The Morgan fingerprint density at radius 1 is 1.54 bits per heavy atom. The van der Waals surface area contributed by atoms with Crippen LogP contribution in [0.3, 0.4) is 0 Å². The van der Waals surface area contributed by atoms with Crippen LogP contribution in [0.5, 0.6) is 5.75 Å². The van der Waals surface area contributed by atoms with E-state index in [4.69, 9.17) is 17.3 Å². The van der Waals surface area contributed by atoms with Gasteiger partial charge in [-0.25, -0.2) is 0 Å². The second kappa shape index (κ2) is 3.99. The number of aromatic hydroxyl groups is 1. The number of halogens is 1. The van der Waals surface area contributed by atoms with E-state index in [0.717, 1.165) is 17.5 Å². The lowest BCUT2D eigenvalue weighted by atomic mass is 10.0. The summed E-state index contributed by atoms with van der Waals surface area (Å²) in [5, 5.41) is 9.99. The Balaban J connectivity index is 3.20. The Hall–Kier alpha value is -0.730. The molecule has 0 spiro atoms. The highest BCUT2D eigenvalue weighted by Gasteiger charge is 2.12. The van der Waals surface area contributed by atoms with Gasteiger partial charge in [0.15, 0.2) is 0 Å². The molecule has 0 amide bonds. The van der Waals surface area contributed by atoms with E-state index in [1.54, 1.807) is 6.07 Å². The van der Waals surface area contributed by atoms with Crippen LogP contribution < -0.4 is 5.73 Å². The van der Waals surface area contributed by atoms with E-state index in [1.165, 1.54) is 0 Å². The van der Waals surface area contributed by atoms with Gasteiger partial charge in [0, 0.05) is 11.6 Å². The monoisotopic (exact) mass is 199 g/mol. The maximum atomic E-state index is 9.61. The highest BCUT2D eigenvalue weighted by Crippen LogP contribution is 2.32. The fourth-order valence-electron chi connectivity index (χ4n) is 1.26. The van der Waals surface area contributed by atoms with Gasteiger partial charge < -0.3 is 10.8 Å². The van der Waals surface area contributed by atoms with Crippen molar-refractivity contribution < 1.29 is 5.11 Å². The topological polar surface area (TPSA) is 46.2 Å². The van der Waals surface area contributed by atoms with Gasteiger partial charge in [-0.2, -0.15) is 0 Å². The number of phenolic OH excluding ortho intramolecular Hbond substituents is 1. The van der Waals surface area contributed by atoms with Crippen LogP contribution in [-0.2, 0) is 0 Å². The van der Waals surface area contributed by atoms with Gasteiger partial charge in [0.1, 0.15) is 5.75 Å². The van der Waals surface area contributed by atoms with Crippen molar-refractivity contribution in [3.63, 3.8) is 0 Å². The van der Waals surface area contributed by atoms with E-state index in [2.05, 4.69) is 0 Å². The first-order valence-corrected chi connectivity index (χ1v) is 4.68. The summed E-state index contributed by atoms with van der Waals surface area (Å²) in [6.07, 6.45) is 0.785. The molecule has 0 aliphatic heterocycles. The van der Waals surface area contributed by atoms with Gasteiger partial charge in [-0.1, -0.05) is 24.6 Å². The lowest BCUT2D eigenvalue weighted by Gasteiger charge is -2.13. The fourth-order valence-corrected chi connectivity index (χ4v) is 1.55. The molecule has 0 radical (unpaired) electrons. The average molecular weight is 200 g/mol. The first-order valence-electron chi connectivity index (χ1n) is 4.30. The van der Waals surface area contributed by atoms with Gasteiger partial charge in [-0.15, -0.1) is 0 Å². The molecule has 0 aliphatic rings. The number of aryl methyl sites for hydroxylation is 1. The zero-order valence-corrected chi connectivity index (χ0v) is 8.60. The smallest absolute Gasteiger partial charge is 0.138 e. The summed E-state index contributed by atoms with van der Waals surface area (Å²) in [5.41, 5.74) is 7.56. The Kier molecular flexibility index (Phi) is 3.17. The maximum Gasteiger partial charge on any atom is 0.138 e. The predicted molar refractivity (Wildman–Crippen MR) is 55.1 cm³/mol. The molecule has 2 nitrogen and oxygen atoms in total. The molecule has 0 saturated heterocycles. The molecule has 0 fully saturated rings. The van der Waals surface area contributed by atoms with Crippen LogP contribution in [0.1, 0.15) is 30.5 Å².